The topological polar surface area (TPSA) is 70.6 Å². The minimum absolute atomic E-state index is 0.0802. The molecule has 3 fully saturated rings. The summed E-state index contributed by atoms with van der Waals surface area (Å²) in [4.78, 5) is 11.8. The van der Waals surface area contributed by atoms with E-state index in [9.17, 15) is 9.90 Å². The van der Waals surface area contributed by atoms with Crippen LogP contribution in [0.3, 0.4) is 0 Å². The van der Waals surface area contributed by atoms with Gasteiger partial charge in [0, 0.05) is 19.7 Å². The number of fused-ring (bicyclic) bond motifs is 5. The number of aliphatic hydroxyl groups is 1. The molecule has 0 saturated heterocycles. The zero-order valence-electron chi connectivity index (χ0n) is 11.5. The van der Waals surface area contributed by atoms with Crippen LogP contribution in [-0.2, 0) is 4.74 Å². The summed E-state index contributed by atoms with van der Waals surface area (Å²) in [5.41, 5.74) is 0. The van der Waals surface area contributed by atoms with Gasteiger partial charge in [0.25, 0.3) is 0 Å². The van der Waals surface area contributed by atoms with Crippen molar-refractivity contribution in [2.75, 3.05) is 20.3 Å². The van der Waals surface area contributed by atoms with Crippen LogP contribution in [0.1, 0.15) is 25.7 Å². The van der Waals surface area contributed by atoms with Gasteiger partial charge in [0.05, 0.1) is 12.7 Å². The quantitative estimate of drug-likeness (QED) is 0.665. The summed E-state index contributed by atoms with van der Waals surface area (Å²) >= 11 is 0. The molecule has 3 rings (SSSR count). The summed E-state index contributed by atoms with van der Waals surface area (Å²) in [6, 6.07) is 0.346. The van der Waals surface area contributed by atoms with Gasteiger partial charge in [-0.3, -0.25) is 0 Å². The molecular weight excluding hydrogens is 244 g/mol. The molecule has 5 nitrogen and oxygen atoms in total. The van der Waals surface area contributed by atoms with Crippen LogP contribution < -0.4 is 10.6 Å². The maximum absolute atomic E-state index is 11.8. The fraction of sp³-hybridized carbons (Fsp3) is 0.929. The number of urea groups is 1. The third-order valence-corrected chi connectivity index (χ3v) is 5.16. The van der Waals surface area contributed by atoms with Gasteiger partial charge < -0.3 is 20.5 Å². The van der Waals surface area contributed by atoms with Gasteiger partial charge in [-0.1, -0.05) is 0 Å². The molecule has 5 atom stereocenters. The van der Waals surface area contributed by atoms with Crippen molar-refractivity contribution in [3.63, 3.8) is 0 Å². The molecule has 108 valence electrons. The Labute approximate surface area is 114 Å². The highest BCUT2D eigenvalue weighted by Gasteiger charge is 2.65. The van der Waals surface area contributed by atoms with E-state index in [2.05, 4.69) is 10.6 Å². The Kier molecular flexibility index (Phi) is 3.67. The smallest absolute Gasteiger partial charge is 0.315 e. The number of carbonyl (C=O) groups is 1. The molecule has 3 N–H and O–H groups in total. The molecule has 5 unspecified atom stereocenters. The highest BCUT2D eigenvalue weighted by molar-refractivity contribution is 5.74. The molecule has 2 bridgehead atoms. The Balaban J connectivity index is 1.33. The average Bonchev–Trinajstić information content (AvgIpc) is 2.78. The van der Waals surface area contributed by atoms with E-state index >= 15 is 0 Å². The number of rotatable bonds is 6. The van der Waals surface area contributed by atoms with Crippen LogP contribution in [-0.4, -0.2) is 43.5 Å². The predicted molar refractivity (Wildman–Crippen MR) is 70.6 cm³/mol. The standard InChI is InChI=1S/C14H24N2O3/c1-19-7-10(17)4-5-15-14(18)16-13-11-8-2-3-9(6-8)12(11)13/h8-13,17H,2-7H2,1H3,(H2,15,16,18). The first-order valence-electron chi connectivity index (χ1n) is 7.42. The van der Waals surface area contributed by atoms with Crippen LogP contribution in [0.4, 0.5) is 4.79 Å². The normalized spacial score (nSPS) is 39.8. The highest BCUT2D eigenvalue weighted by atomic mass is 16.5. The van der Waals surface area contributed by atoms with Crippen LogP contribution in [0.15, 0.2) is 0 Å². The van der Waals surface area contributed by atoms with Gasteiger partial charge in [0.15, 0.2) is 0 Å². The average molecular weight is 268 g/mol. The molecule has 5 heteroatoms. The van der Waals surface area contributed by atoms with Crippen LogP contribution in [0.5, 0.6) is 0 Å². The van der Waals surface area contributed by atoms with E-state index in [1.165, 1.54) is 19.3 Å². The zero-order chi connectivity index (χ0) is 13.4. The molecule has 0 spiro atoms. The van der Waals surface area contributed by atoms with E-state index in [1.54, 1.807) is 7.11 Å². The fourth-order valence-electron chi connectivity index (χ4n) is 4.35. The van der Waals surface area contributed by atoms with Crippen molar-refractivity contribution >= 4 is 6.03 Å². The van der Waals surface area contributed by atoms with Gasteiger partial charge in [-0.05, 0) is 49.4 Å². The lowest BCUT2D eigenvalue weighted by Gasteiger charge is -2.13. The monoisotopic (exact) mass is 268 g/mol. The van der Waals surface area contributed by atoms with Crippen LogP contribution in [0.25, 0.3) is 0 Å². The summed E-state index contributed by atoms with van der Waals surface area (Å²) in [5.74, 6) is 3.29. The predicted octanol–water partition coefficient (Wildman–Crippen LogP) is 0.727. The summed E-state index contributed by atoms with van der Waals surface area (Å²) in [6.45, 7) is 0.810. The number of hydrogen-bond donors (Lipinski definition) is 3. The van der Waals surface area contributed by atoms with E-state index in [0.717, 1.165) is 23.7 Å². The summed E-state index contributed by atoms with van der Waals surface area (Å²) < 4.78 is 4.84. The minimum atomic E-state index is -0.499. The number of ether oxygens (including phenoxy) is 1. The maximum Gasteiger partial charge on any atom is 0.315 e. The van der Waals surface area contributed by atoms with Crippen molar-refractivity contribution < 1.29 is 14.6 Å². The van der Waals surface area contributed by atoms with Crippen molar-refractivity contribution in [1.82, 2.24) is 10.6 Å². The number of hydrogen-bond acceptors (Lipinski definition) is 3. The highest BCUT2D eigenvalue weighted by Crippen LogP contribution is 2.65. The minimum Gasteiger partial charge on any atom is -0.391 e. The third kappa shape index (κ3) is 2.58. The second-order valence-corrected chi connectivity index (χ2v) is 6.31. The van der Waals surface area contributed by atoms with Crippen molar-refractivity contribution in [3.05, 3.63) is 0 Å². The summed E-state index contributed by atoms with van der Waals surface area (Å²) in [7, 11) is 1.56. The van der Waals surface area contributed by atoms with Crippen LogP contribution in [0, 0.1) is 23.7 Å². The van der Waals surface area contributed by atoms with Crippen molar-refractivity contribution in [1.29, 1.82) is 0 Å². The van der Waals surface area contributed by atoms with E-state index in [1.807, 2.05) is 0 Å². The molecule has 3 aliphatic rings. The number of methoxy groups -OCH3 is 1. The fourth-order valence-corrected chi connectivity index (χ4v) is 4.35. The molecule has 0 heterocycles. The second-order valence-electron chi connectivity index (χ2n) is 6.31. The van der Waals surface area contributed by atoms with Gasteiger partial charge in [-0.25, -0.2) is 4.79 Å². The van der Waals surface area contributed by atoms with E-state index in [-0.39, 0.29) is 6.03 Å². The van der Waals surface area contributed by atoms with Crippen LogP contribution >= 0.6 is 0 Å². The van der Waals surface area contributed by atoms with Crippen molar-refractivity contribution in [2.45, 2.75) is 37.8 Å². The molecule has 3 saturated carbocycles. The summed E-state index contributed by atoms with van der Waals surface area (Å²) in [6.07, 6.45) is 4.17. The Bertz CT molecular complexity index is 334. The molecule has 2 amide bonds. The first-order valence-corrected chi connectivity index (χ1v) is 7.42. The van der Waals surface area contributed by atoms with Gasteiger partial charge in [-0.15, -0.1) is 0 Å². The maximum atomic E-state index is 11.8. The van der Waals surface area contributed by atoms with Crippen molar-refractivity contribution in [2.24, 2.45) is 23.7 Å². The molecule has 0 aromatic carbocycles. The number of nitrogens with one attached hydrogen (secondary N) is 2. The number of amides is 2. The van der Waals surface area contributed by atoms with E-state index in [4.69, 9.17) is 4.74 Å². The first-order chi connectivity index (χ1) is 9.20. The van der Waals surface area contributed by atoms with Gasteiger partial charge in [0.2, 0.25) is 0 Å². The molecule has 3 aliphatic carbocycles. The molecular formula is C14H24N2O3. The molecule has 0 aromatic heterocycles. The second kappa shape index (κ2) is 5.29. The Morgan fingerprint density at radius 3 is 2.68 bits per heavy atom. The van der Waals surface area contributed by atoms with E-state index < -0.39 is 6.10 Å². The van der Waals surface area contributed by atoms with E-state index in [0.29, 0.717) is 25.6 Å². The molecule has 0 aliphatic heterocycles. The van der Waals surface area contributed by atoms with Gasteiger partial charge in [-0.2, -0.15) is 0 Å². The van der Waals surface area contributed by atoms with Crippen molar-refractivity contribution in [3.8, 4) is 0 Å². The largest absolute Gasteiger partial charge is 0.391 e. The Morgan fingerprint density at radius 2 is 2.05 bits per heavy atom. The lowest BCUT2D eigenvalue weighted by Crippen LogP contribution is -2.40. The number of aliphatic hydroxyl groups excluding tert-OH is 1. The Hall–Kier alpha value is -0.810. The van der Waals surface area contributed by atoms with Gasteiger partial charge >= 0.3 is 6.03 Å². The first kappa shape index (κ1) is 13.2. The zero-order valence-corrected chi connectivity index (χ0v) is 11.5. The molecule has 19 heavy (non-hydrogen) atoms. The SMILES string of the molecule is COCC(O)CCNC(=O)NC1C2C3CCC(C3)C12. The third-order valence-electron chi connectivity index (χ3n) is 5.16. The van der Waals surface area contributed by atoms with Gasteiger partial charge in [0.1, 0.15) is 0 Å². The molecule has 0 radical (unpaired) electrons. The summed E-state index contributed by atoms with van der Waals surface area (Å²) in [5, 5.41) is 15.4. The Morgan fingerprint density at radius 1 is 1.37 bits per heavy atom. The lowest BCUT2D eigenvalue weighted by atomic mass is 10.0. The van der Waals surface area contributed by atoms with Crippen LogP contribution in [0.2, 0.25) is 0 Å². The number of carbonyl (C=O) groups excluding carboxylic acids is 1. The molecule has 0 aromatic rings. The lowest BCUT2D eigenvalue weighted by molar-refractivity contribution is 0.0598.